The van der Waals surface area contributed by atoms with Crippen molar-refractivity contribution in [1.82, 2.24) is 9.88 Å². The zero-order valence-corrected chi connectivity index (χ0v) is 13.9. The molecule has 4 nitrogen and oxygen atoms in total. The molecule has 0 saturated carbocycles. The maximum Gasteiger partial charge on any atom is 0.226 e. The number of aliphatic hydroxyl groups is 1. The molecule has 5 heteroatoms. The number of likely N-dealkylation sites (tertiary alicyclic amines) is 1. The van der Waals surface area contributed by atoms with E-state index in [0.717, 1.165) is 49.5 Å². The van der Waals surface area contributed by atoms with Gasteiger partial charge >= 0.3 is 0 Å². The van der Waals surface area contributed by atoms with Gasteiger partial charge in [0.2, 0.25) is 5.89 Å². The molecular formula is C17H22N2O2S. The van der Waals surface area contributed by atoms with Crippen molar-refractivity contribution in [2.24, 2.45) is 0 Å². The third kappa shape index (κ3) is 3.54. The highest BCUT2D eigenvalue weighted by Crippen LogP contribution is 2.25. The minimum Gasteiger partial charge on any atom is -0.441 e. The van der Waals surface area contributed by atoms with Crippen LogP contribution in [0, 0.1) is 6.92 Å². The molecule has 1 unspecified atom stereocenters. The van der Waals surface area contributed by atoms with Crippen molar-refractivity contribution in [3.8, 4) is 11.5 Å². The zero-order valence-electron chi connectivity index (χ0n) is 13.1. The van der Waals surface area contributed by atoms with Crippen molar-refractivity contribution >= 4 is 11.8 Å². The summed E-state index contributed by atoms with van der Waals surface area (Å²) in [6, 6.07) is 8.26. The highest BCUT2D eigenvalue weighted by atomic mass is 32.2. The Bertz CT molecular complexity index is 624. The van der Waals surface area contributed by atoms with E-state index >= 15 is 0 Å². The number of hydrogen-bond donors (Lipinski definition) is 1. The number of rotatable bonds is 4. The van der Waals surface area contributed by atoms with E-state index in [1.807, 2.05) is 19.1 Å². The highest BCUT2D eigenvalue weighted by molar-refractivity contribution is 7.98. The number of β-amino-alcohol motifs (C(OH)–C–C–N with tert-alkyl or cyclic N) is 1. The molecule has 1 aliphatic rings. The first kappa shape index (κ1) is 15.6. The highest BCUT2D eigenvalue weighted by Gasteiger charge is 2.20. The van der Waals surface area contributed by atoms with Gasteiger partial charge in [-0.3, -0.25) is 4.90 Å². The van der Waals surface area contributed by atoms with Crippen LogP contribution in [0.1, 0.15) is 24.3 Å². The lowest BCUT2D eigenvalue weighted by Crippen LogP contribution is -2.37. The fourth-order valence-electron chi connectivity index (χ4n) is 2.82. The summed E-state index contributed by atoms with van der Waals surface area (Å²) in [4.78, 5) is 8.14. The van der Waals surface area contributed by atoms with E-state index < -0.39 is 0 Å². The van der Waals surface area contributed by atoms with E-state index in [0.29, 0.717) is 5.89 Å². The molecule has 1 fully saturated rings. The average molecular weight is 318 g/mol. The third-order valence-electron chi connectivity index (χ3n) is 4.08. The summed E-state index contributed by atoms with van der Waals surface area (Å²) in [5, 5.41) is 9.77. The summed E-state index contributed by atoms with van der Waals surface area (Å²) in [6.07, 6.45) is 3.80. The number of aryl methyl sites for hydroxylation is 1. The molecule has 1 atom stereocenters. The molecule has 2 heterocycles. The van der Waals surface area contributed by atoms with Crippen LogP contribution < -0.4 is 0 Å². The van der Waals surface area contributed by atoms with E-state index in [-0.39, 0.29) is 6.10 Å². The van der Waals surface area contributed by atoms with Crippen LogP contribution in [-0.2, 0) is 6.54 Å². The number of oxazole rings is 1. The summed E-state index contributed by atoms with van der Waals surface area (Å²) >= 11 is 1.72. The van der Waals surface area contributed by atoms with Crippen LogP contribution in [0.25, 0.3) is 11.5 Å². The Morgan fingerprint density at radius 1 is 1.36 bits per heavy atom. The van der Waals surface area contributed by atoms with Gasteiger partial charge in [0.05, 0.1) is 11.8 Å². The molecule has 1 N–H and O–H groups in total. The van der Waals surface area contributed by atoms with Crippen LogP contribution in [0.2, 0.25) is 0 Å². The van der Waals surface area contributed by atoms with Crippen molar-refractivity contribution in [3.63, 3.8) is 0 Å². The lowest BCUT2D eigenvalue weighted by molar-refractivity contribution is 0.0660. The normalized spacial score (nSPS) is 19.5. The maximum atomic E-state index is 9.77. The van der Waals surface area contributed by atoms with Crippen LogP contribution >= 0.6 is 11.8 Å². The molecule has 22 heavy (non-hydrogen) atoms. The fourth-order valence-corrected chi connectivity index (χ4v) is 3.23. The second-order valence-electron chi connectivity index (χ2n) is 5.78. The lowest BCUT2D eigenvalue weighted by Gasteiger charge is -2.29. The topological polar surface area (TPSA) is 49.5 Å². The summed E-state index contributed by atoms with van der Waals surface area (Å²) < 4.78 is 5.84. The van der Waals surface area contributed by atoms with Crippen molar-refractivity contribution in [2.45, 2.75) is 37.3 Å². The second kappa shape index (κ2) is 6.86. The first-order chi connectivity index (χ1) is 10.7. The van der Waals surface area contributed by atoms with Gasteiger partial charge in [-0.05, 0) is 56.8 Å². The minimum absolute atomic E-state index is 0.209. The van der Waals surface area contributed by atoms with Crippen LogP contribution in [0.3, 0.4) is 0 Å². The minimum atomic E-state index is -0.209. The van der Waals surface area contributed by atoms with E-state index in [4.69, 9.17) is 4.42 Å². The summed E-state index contributed by atoms with van der Waals surface area (Å²) in [7, 11) is 0. The molecular weight excluding hydrogens is 296 g/mol. The Morgan fingerprint density at radius 2 is 2.14 bits per heavy atom. The first-order valence-electron chi connectivity index (χ1n) is 7.67. The third-order valence-corrected chi connectivity index (χ3v) is 4.83. The molecule has 0 bridgehead atoms. The van der Waals surface area contributed by atoms with Crippen molar-refractivity contribution in [2.75, 3.05) is 19.3 Å². The van der Waals surface area contributed by atoms with Gasteiger partial charge in [0.1, 0.15) is 5.76 Å². The quantitative estimate of drug-likeness (QED) is 0.876. The summed E-state index contributed by atoms with van der Waals surface area (Å²) in [5.74, 6) is 1.54. The van der Waals surface area contributed by atoms with Gasteiger partial charge in [0, 0.05) is 23.5 Å². The van der Waals surface area contributed by atoms with Crippen molar-refractivity contribution in [3.05, 3.63) is 35.7 Å². The number of benzene rings is 1. The number of piperidine rings is 1. The van der Waals surface area contributed by atoms with Crippen LogP contribution in [0.15, 0.2) is 33.6 Å². The Hall–Kier alpha value is -1.30. The van der Waals surface area contributed by atoms with Crippen LogP contribution in [0.4, 0.5) is 0 Å². The SMILES string of the molecule is CSc1ccc(-c2nc(CN3CCCC(O)C3)c(C)o2)cc1. The van der Waals surface area contributed by atoms with Crippen molar-refractivity contribution < 1.29 is 9.52 Å². The van der Waals surface area contributed by atoms with E-state index in [2.05, 4.69) is 28.3 Å². The number of hydrogen-bond acceptors (Lipinski definition) is 5. The van der Waals surface area contributed by atoms with Gasteiger partial charge in [-0.2, -0.15) is 0 Å². The fraction of sp³-hybridized carbons (Fsp3) is 0.471. The molecule has 0 amide bonds. The number of thioether (sulfide) groups is 1. The number of aliphatic hydroxyl groups excluding tert-OH is 1. The van der Waals surface area contributed by atoms with E-state index in [1.54, 1.807) is 11.8 Å². The summed E-state index contributed by atoms with van der Waals surface area (Å²) in [6.45, 7) is 4.45. The molecule has 118 valence electrons. The monoisotopic (exact) mass is 318 g/mol. The van der Waals surface area contributed by atoms with Crippen LogP contribution in [-0.4, -0.2) is 40.4 Å². The average Bonchev–Trinajstić information content (AvgIpc) is 2.88. The predicted octanol–water partition coefficient (Wildman–Crippen LogP) is 3.33. The molecule has 1 aliphatic heterocycles. The van der Waals surface area contributed by atoms with Crippen LogP contribution in [0.5, 0.6) is 0 Å². The smallest absolute Gasteiger partial charge is 0.226 e. The molecule has 2 aromatic rings. The predicted molar refractivity (Wildman–Crippen MR) is 89.0 cm³/mol. The molecule has 1 saturated heterocycles. The zero-order chi connectivity index (χ0) is 15.5. The van der Waals surface area contributed by atoms with Gasteiger partial charge < -0.3 is 9.52 Å². The van der Waals surface area contributed by atoms with E-state index in [1.165, 1.54) is 4.90 Å². The lowest BCUT2D eigenvalue weighted by atomic mass is 10.1. The number of nitrogens with zero attached hydrogens (tertiary/aromatic N) is 2. The Balaban J connectivity index is 1.75. The van der Waals surface area contributed by atoms with Gasteiger partial charge in [0.25, 0.3) is 0 Å². The Morgan fingerprint density at radius 3 is 2.82 bits per heavy atom. The standard InChI is InChI=1S/C17H22N2O2S/c1-12-16(11-19-9-3-4-14(20)10-19)18-17(21-12)13-5-7-15(22-2)8-6-13/h5-8,14,20H,3-4,9-11H2,1-2H3. The molecule has 1 aromatic heterocycles. The maximum absolute atomic E-state index is 9.77. The molecule has 1 aromatic carbocycles. The Labute approximate surface area is 135 Å². The van der Waals surface area contributed by atoms with E-state index in [9.17, 15) is 5.11 Å². The van der Waals surface area contributed by atoms with Crippen molar-refractivity contribution in [1.29, 1.82) is 0 Å². The molecule has 0 radical (unpaired) electrons. The summed E-state index contributed by atoms with van der Waals surface area (Å²) in [5.41, 5.74) is 1.98. The number of aromatic nitrogens is 1. The second-order valence-corrected chi connectivity index (χ2v) is 6.66. The van der Waals surface area contributed by atoms with Gasteiger partial charge in [-0.15, -0.1) is 11.8 Å². The van der Waals surface area contributed by atoms with Gasteiger partial charge in [-0.1, -0.05) is 0 Å². The Kier molecular flexibility index (Phi) is 4.86. The molecule has 0 aliphatic carbocycles. The first-order valence-corrected chi connectivity index (χ1v) is 8.89. The van der Waals surface area contributed by atoms with Gasteiger partial charge in [-0.25, -0.2) is 4.98 Å². The molecule has 3 rings (SSSR count). The molecule has 0 spiro atoms. The largest absolute Gasteiger partial charge is 0.441 e. The van der Waals surface area contributed by atoms with Gasteiger partial charge in [0.15, 0.2) is 0 Å².